The number of hydrogen-bond acceptors (Lipinski definition) is 6. The summed E-state index contributed by atoms with van der Waals surface area (Å²) in [5, 5.41) is 13.4. The van der Waals surface area contributed by atoms with Gasteiger partial charge in [0.25, 0.3) is 0 Å². The van der Waals surface area contributed by atoms with E-state index >= 15 is 0 Å². The predicted octanol–water partition coefficient (Wildman–Crippen LogP) is 0.129. The number of anilines is 2. The fraction of sp³-hybridized carbons (Fsp3) is 0.538. The van der Waals surface area contributed by atoms with Crippen molar-refractivity contribution in [3.05, 3.63) is 18.2 Å². The Kier molecular flexibility index (Phi) is 4.43. The minimum absolute atomic E-state index is 0.0557. The van der Waals surface area contributed by atoms with Crippen molar-refractivity contribution in [2.45, 2.75) is 29.9 Å². The molecule has 21 heavy (non-hydrogen) atoms. The number of nitrogens with two attached hydrogens (primary N) is 1. The first-order valence-electron chi connectivity index (χ1n) is 6.69. The molecule has 5 N–H and O–H groups in total. The van der Waals surface area contributed by atoms with Crippen molar-refractivity contribution in [1.82, 2.24) is 4.72 Å². The fourth-order valence-electron chi connectivity index (χ4n) is 2.27. The Morgan fingerprint density at radius 2 is 2.24 bits per heavy atom. The zero-order valence-electron chi connectivity index (χ0n) is 12.1. The number of ether oxygens (including phenoxy) is 1. The monoisotopic (exact) mass is 315 g/mol. The topological polar surface area (TPSA) is 114 Å². The second-order valence-electron chi connectivity index (χ2n) is 5.18. The highest BCUT2D eigenvalue weighted by molar-refractivity contribution is 7.89. The van der Waals surface area contributed by atoms with Crippen molar-refractivity contribution in [2.75, 3.05) is 31.2 Å². The molecule has 2 rings (SSSR count). The molecule has 1 heterocycles. The summed E-state index contributed by atoms with van der Waals surface area (Å²) in [6.45, 7) is 2.48. The lowest BCUT2D eigenvalue weighted by molar-refractivity contribution is -0.0176. The van der Waals surface area contributed by atoms with Gasteiger partial charge in [-0.2, -0.15) is 0 Å². The van der Waals surface area contributed by atoms with Crippen molar-refractivity contribution < 1.29 is 18.3 Å². The molecular weight excluding hydrogens is 294 g/mol. The Labute approximate surface area is 124 Å². The van der Waals surface area contributed by atoms with Crippen LogP contribution >= 0.6 is 0 Å². The molecule has 0 aliphatic carbocycles. The minimum atomic E-state index is -3.64. The Hall–Kier alpha value is -1.35. The molecule has 1 aliphatic heterocycles. The molecule has 0 radical (unpaired) electrons. The number of hydrogen-bond donors (Lipinski definition) is 4. The Balaban J connectivity index is 2.25. The maximum Gasteiger partial charge on any atom is 0.242 e. The number of nitrogen functional groups attached to an aromatic ring is 1. The summed E-state index contributed by atoms with van der Waals surface area (Å²) in [5.41, 5.74) is 5.39. The normalized spacial score (nSPS) is 26.0. The van der Waals surface area contributed by atoms with Crippen molar-refractivity contribution in [3.8, 4) is 0 Å². The van der Waals surface area contributed by atoms with Gasteiger partial charge in [-0.3, -0.25) is 0 Å². The quantitative estimate of drug-likeness (QED) is 0.574. The van der Waals surface area contributed by atoms with Gasteiger partial charge in [0.1, 0.15) is 10.5 Å². The van der Waals surface area contributed by atoms with Gasteiger partial charge in [0.15, 0.2) is 0 Å². The second kappa shape index (κ2) is 5.80. The highest BCUT2D eigenvalue weighted by Gasteiger charge is 2.39. The predicted molar refractivity (Wildman–Crippen MR) is 80.6 cm³/mol. The smallest absolute Gasteiger partial charge is 0.242 e. The summed E-state index contributed by atoms with van der Waals surface area (Å²) in [6.07, 6.45) is 0.202. The number of sulfonamides is 1. The van der Waals surface area contributed by atoms with Crippen LogP contribution in [0.1, 0.15) is 13.3 Å². The molecule has 0 aromatic heterocycles. The molecule has 1 aromatic carbocycles. The molecule has 0 amide bonds. The van der Waals surface area contributed by atoms with Gasteiger partial charge in [0.05, 0.1) is 11.8 Å². The number of aliphatic hydroxyl groups is 1. The highest BCUT2D eigenvalue weighted by atomic mass is 32.2. The molecule has 0 bridgehead atoms. The molecule has 2 unspecified atom stereocenters. The number of nitrogens with one attached hydrogen (secondary N) is 2. The molecular formula is C13H21N3O4S. The number of benzene rings is 1. The van der Waals surface area contributed by atoms with Crippen molar-refractivity contribution in [3.63, 3.8) is 0 Å². The van der Waals surface area contributed by atoms with Gasteiger partial charge < -0.3 is 20.9 Å². The van der Waals surface area contributed by atoms with E-state index in [-0.39, 0.29) is 17.5 Å². The van der Waals surface area contributed by atoms with E-state index in [2.05, 4.69) is 10.0 Å². The van der Waals surface area contributed by atoms with Gasteiger partial charge in [-0.05, 0) is 32.2 Å². The second-order valence-corrected chi connectivity index (χ2v) is 7.04. The lowest BCUT2D eigenvalue weighted by Crippen LogP contribution is -2.43. The fourth-order valence-corrected chi connectivity index (χ4v) is 3.21. The van der Waals surface area contributed by atoms with E-state index in [4.69, 9.17) is 10.5 Å². The molecule has 1 aromatic rings. The molecule has 1 saturated heterocycles. The van der Waals surface area contributed by atoms with E-state index in [1.165, 1.54) is 13.1 Å². The first-order chi connectivity index (χ1) is 9.78. The van der Waals surface area contributed by atoms with Crippen LogP contribution in [0.3, 0.4) is 0 Å². The van der Waals surface area contributed by atoms with E-state index in [9.17, 15) is 13.5 Å². The first-order valence-corrected chi connectivity index (χ1v) is 8.18. The lowest BCUT2D eigenvalue weighted by atomic mass is 9.96. The van der Waals surface area contributed by atoms with Crippen LogP contribution in [0.25, 0.3) is 0 Å². The third-order valence-electron chi connectivity index (χ3n) is 3.81. The summed E-state index contributed by atoms with van der Waals surface area (Å²) in [7, 11) is -2.30. The van der Waals surface area contributed by atoms with Crippen LogP contribution in [-0.2, 0) is 14.8 Å². The van der Waals surface area contributed by atoms with Gasteiger partial charge in [0.2, 0.25) is 10.0 Å². The summed E-state index contributed by atoms with van der Waals surface area (Å²) in [5.74, 6) is 0. The van der Waals surface area contributed by atoms with Crippen molar-refractivity contribution >= 4 is 21.4 Å². The average Bonchev–Trinajstić information content (AvgIpc) is 2.77. The summed E-state index contributed by atoms with van der Waals surface area (Å²) in [6, 6.07) is 4.58. The SMILES string of the molecule is CNS(=O)(=O)c1cc(N)ccc1NCC1(O)CCOC1C. The summed E-state index contributed by atoms with van der Waals surface area (Å²) in [4.78, 5) is 0.0557. The Morgan fingerprint density at radius 3 is 2.81 bits per heavy atom. The maximum atomic E-state index is 12.0. The standard InChI is InChI=1S/C13H21N3O4S/c1-9-13(17,5-6-20-9)8-16-11-4-3-10(14)7-12(11)21(18,19)15-2/h3-4,7,9,15-17H,5-6,8,14H2,1-2H3. The molecule has 2 atom stereocenters. The van der Waals surface area contributed by atoms with E-state index < -0.39 is 15.6 Å². The first kappa shape index (κ1) is 16.0. The van der Waals surface area contributed by atoms with Gasteiger partial charge >= 0.3 is 0 Å². The van der Waals surface area contributed by atoms with Crippen LogP contribution in [0, 0.1) is 0 Å². The highest BCUT2D eigenvalue weighted by Crippen LogP contribution is 2.28. The van der Waals surface area contributed by atoms with Crippen molar-refractivity contribution in [1.29, 1.82) is 0 Å². The van der Waals surface area contributed by atoms with Gasteiger partial charge in [-0.1, -0.05) is 0 Å². The molecule has 118 valence electrons. The molecule has 7 nitrogen and oxygen atoms in total. The van der Waals surface area contributed by atoms with E-state index in [1.54, 1.807) is 19.1 Å². The molecule has 8 heteroatoms. The van der Waals surface area contributed by atoms with Gasteiger partial charge in [-0.15, -0.1) is 0 Å². The van der Waals surface area contributed by atoms with Gasteiger partial charge in [-0.25, -0.2) is 13.1 Å². The van der Waals surface area contributed by atoms with E-state index in [0.717, 1.165) is 0 Å². The molecule has 1 aliphatic rings. The van der Waals surface area contributed by atoms with E-state index in [1.807, 2.05) is 0 Å². The number of rotatable bonds is 5. The average molecular weight is 315 g/mol. The van der Waals surface area contributed by atoms with Crippen molar-refractivity contribution in [2.24, 2.45) is 0 Å². The lowest BCUT2D eigenvalue weighted by Gasteiger charge is -2.27. The minimum Gasteiger partial charge on any atom is -0.399 e. The van der Waals surface area contributed by atoms with Crippen LogP contribution in [0.4, 0.5) is 11.4 Å². The maximum absolute atomic E-state index is 12.0. The third-order valence-corrected chi connectivity index (χ3v) is 5.26. The van der Waals surface area contributed by atoms with Crippen LogP contribution < -0.4 is 15.8 Å². The Morgan fingerprint density at radius 1 is 1.52 bits per heavy atom. The Bertz CT molecular complexity index is 620. The molecule has 1 fully saturated rings. The third kappa shape index (κ3) is 3.29. The van der Waals surface area contributed by atoms with Gasteiger partial charge in [0, 0.05) is 25.3 Å². The molecule has 0 spiro atoms. The summed E-state index contributed by atoms with van der Waals surface area (Å²) >= 11 is 0. The van der Waals surface area contributed by atoms with Crippen LogP contribution in [0.2, 0.25) is 0 Å². The zero-order chi connectivity index (χ0) is 15.7. The largest absolute Gasteiger partial charge is 0.399 e. The molecule has 0 saturated carbocycles. The summed E-state index contributed by atoms with van der Waals surface area (Å²) < 4.78 is 31.7. The van der Waals surface area contributed by atoms with E-state index in [0.29, 0.717) is 24.4 Å². The van der Waals surface area contributed by atoms with Crippen LogP contribution in [-0.4, -0.2) is 45.4 Å². The van der Waals surface area contributed by atoms with Crippen LogP contribution in [0.5, 0.6) is 0 Å². The zero-order valence-corrected chi connectivity index (χ0v) is 12.9. The van der Waals surface area contributed by atoms with Crippen LogP contribution in [0.15, 0.2) is 23.1 Å².